The molecule has 27 heavy (non-hydrogen) atoms. The highest BCUT2D eigenvalue weighted by Gasteiger charge is 2.27. The van der Waals surface area contributed by atoms with E-state index >= 15 is 0 Å². The molecule has 0 saturated heterocycles. The number of thioether (sulfide) groups is 1. The molecule has 0 unspecified atom stereocenters. The Morgan fingerprint density at radius 1 is 1.30 bits per heavy atom. The van der Waals surface area contributed by atoms with Gasteiger partial charge in [-0.15, -0.1) is 11.8 Å². The lowest BCUT2D eigenvalue weighted by Crippen LogP contribution is -2.34. The number of nitrogens with one attached hydrogen (secondary N) is 1. The smallest absolute Gasteiger partial charge is 0.313 e. The van der Waals surface area contributed by atoms with E-state index in [-0.39, 0.29) is 29.4 Å². The van der Waals surface area contributed by atoms with Crippen LogP contribution in [0.25, 0.3) is 5.82 Å². The molecule has 0 aromatic carbocycles. The largest absolute Gasteiger partial charge is 0.481 e. The third-order valence-corrected chi connectivity index (χ3v) is 5.39. The molecule has 8 heteroatoms. The van der Waals surface area contributed by atoms with Crippen LogP contribution in [0.1, 0.15) is 29.3 Å². The molecule has 2 atom stereocenters. The Morgan fingerprint density at radius 3 is 2.81 bits per heavy atom. The summed E-state index contributed by atoms with van der Waals surface area (Å²) in [5.74, 6) is -0.0109. The monoisotopic (exact) mass is 386 g/mol. The molecule has 1 amide bonds. The summed E-state index contributed by atoms with van der Waals surface area (Å²) < 4.78 is 1.85. The molecule has 1 aliphatic rings. The van der Waals surface area contributed by atoms with E-state index in [1.54, 1.807) is 6.20 Å². The van der Waals surface area contributed by atoms with Gasteiger partial charge in [-0.05, 0) is 32.4 Å². The maximum absolute atomic E-state index is 12.0. The molecule has 7 nitrogen and oxygen atoms in total. The van der Waals surface area contributed by atoms with Gasteiger partial charge in [0.05, 0.1) is 17.2 Å². The van der Waals surface area contributed by atoms with Crippen LogP contribution in [0.3, 0.4) is 0 Å². The van der Waals surface area contributed by atoms with Crippen LogP contribution in [0.4, 0.5) is 0 Å². The van der Waals surface area contributed by atoms with Crippen LogP contribution in [-0.2, 0) is 9.59 Å². The van der Waals surface area contributed by atoms with E-state index in [9.17, 15) is 9.59 Å². The maximum Gasteiger partial charge on any atom is 0.313 e. The first-order chi connectivity index (χ1) is 13.0. The number of allylic oxidation sites excluding steroid dienone is 1. The van der Waals surface area contributed by atoms with E-state index in [2.05, 4.69) is 21.5 Å². The van der Waals surface area contributed by atoms with Crippen LogP contribution < -0.4 is 5.32 Å². The molecule has 0 bridgehead atoms. The van der Waals surface area contributed by atoms with Gasteiger partial charge in [-0.3, -0.25) is 9.59 Å². The first-order valence-corrected chi connectivity index (χ1v) is 9.86. The number of carboxylic acid groups (broad SMARTS) is 1. The van der Waals surface area contributed by atoms with Gasteiger partial charge in [0.1, 0.15) is 0 Å². The number of hydrogen-bond donors (Lipinski definition) is 2. The molecular weight excluding hydrogens is 364 g/mol. The summed E-state index contributed by atoms with van der Waals surface area (Å²) in [6, 6.07) is 5.68. The summed E-state index contributed by atoms with van der Waals surface area (Å²) in [5, 5.41) is 16.2. The number of aliphatic carboxylic acids is 1. The highest BCUT2D eigenvalue weighted by molar-refractivity contribution is 8.00. The summed E-state index contributed by atoms with van der Waals surface area (Å²) in [6.45, 7) is 4.02. The fraction of sp³-hybridized carbons (Fsp3) is 0.368. The van der Waals surface area contributed by atoms with Crippen molar-refractivity contribution in [2.45, 2.75) is 32.2 Å². The zero-order valence-corrected chi connectivity index (χ0v) is 16.1. The summed E-state index contributed by atoms with van der Waals surface area (Å²) in [7, 11) is 0. The molecule has 3 rings (SSSR count). The van der Waals surface area contributed by atoms with Crippen molar-refractivity contribution >= 4 is 23.6 Å². The average molecular weight is 386 g/mol. The molecule has 0 aliphatic heterocycles. The van der Waals surface area contributed by atoms with Crippen molar-refractivity contribution in [3.63, 3.8) is 0 Å². The first kappa shape index (κ1) is 19.2. The molecule has 0 radical (unpaired) electrons. The SMILES string of the molecule is Cc1nn(-c2ccccn2)c(C)c1[C@H]1C=C[C@@H](NC(=O)CSCC(=O)O)C1. The van der Waals surface area contributed by atoms with E-state index in [4.69, 9.17) is 5.11 Å². The Balaban J connectivity index is 1.64. The molecule has 2 aromatic heterocycles. The summed E-state index contributed by atoms with van der Waals surface area (Å²) in [6.07, 6.45) is 6.62. The number of carbonyl (C=O) groups excluding carboxylic acids is 1. The number of pyridine rings is 1. The van der Waals surface area contributed by atoms with Gasteiger partial charge in [-0.25, -0.2) is 9.67 Å². The van der Waals surface area contributed by atoms with Crippen molar-refractivity contribution in [1.29, 1.82) is 0 Å². The van der Waals surface area contributed by atoms with E-state index in [0.717, 1.165) is 41.0 Å². The number of aryl methyl sites for hydroxylation is 1. The number of hydrogen-bond acceptors (Lipinski definition) is 5. The van der Waals surface area contributed by atoms with Crippen LogP contribution >= 0.6 is 11.8 Å². The second-order valence-electron chi connectivity index (χ2n) is 6.47. The van der Waals surface area contributed by atoms with Gasteiger partial charge in [0.15, 0.2) is 5.82 Å². The van der Waals surface area contributed by atoms with Gasteiger partial charge in [-0.2, -0.15) is 5.10 Å². The molecule has 0 fully saturated rings. The lowest BCUT2D eigenvalue weighted by molar-refractivity contribution is -0.133. The van der Waals surface area contributed by atoms with Gasteiger partial charge in [0.2, 0.25) is 5.91 Å². The van der Waals surface area contributed by atoms with Crippen LogP contribution in [-0.4, -0.2) is 49.3 Å². The summed E-state index contributed by atoms with van der Waals surface area (Å²) in [5.41, 5.74) is 3.16. The number of amides is 1. The van der Waals surface area contributed by atoms with Crippen LogP contribution in [0.2, 0.25) is 0 Å². The predicted molar refractivity (Wildman–Crippen MR) is 104 cm³/mol. The Hall–Kier alpha value is -2.61. The van der Waals surface area contributed by atoms with Crippen LogP contribution in [0.5, 0.6) is 0 Å². The summed E-state index contributed by atoms with van der Waals surface area (Å²) >= 11 is 1.10. The normalized spacial score (nSPS) is 18.6. The number of rotatable bonds is 7. The van der Waals surface area contributed by atoms with Crippen molar-refractivity contribution in [1.82, 2.24) is 20.1 Å². The second kappa shape index (κ2) is 8.39. The Morgan fingerprint density at radius 2 is 2.11 bits per heavy atom. The van der Waals surface area contributed by atoms with Gasteiger partial charge in [0.25, 0.3) is 0 Å². The predicted octanol–water partition coefficient (Wildman–Crippen LogP) is 2.23. The lowest BCUT2D eigenvalue weighted by atomic mass is 9.96. The fourth-order valence-electron chi connectivity index (χ4n) is 3.39. The van der Waals surface area contributed by atoms with Gasteiger partial charge in [0, 0.05) is 29.4 Å². The van der Waals surface area contributed by atoms with Gasteiger partial charge >= 0.3 is 5.97 Å². The average Bonchev–Trinajstić information content (AvgIpc) is 3.19. The number of carbonyl (C=O) groups is 2. The topological polar surface area (TPSA) is 97.1 Å². The zero-order chi connectivity index (χ0) is 19.4. The van der Waals surface area contributed by atoms with Gasteiger partial charge < -0.3 is 10.4 Å². The molecule has 2 N–H and O–H groups in total. The standard InChI is InChI=1S/C19H22N4O3S/c1-12-19(13(2)23(22-12)16-5-3-4-8-20-16)14-6-7-15(9-14)21-17(24)10-27-11-18(25)26/h3-8,14-15H,9-11H2,1-2H3,(H,21,24)(H,25,26)/t14-,15+/m0/s1. The second-order valence-corrected chi connectivity index (χ2v) is 7.46. The van der Waals surface area contributed by atoms with Crippen molar-refractivity contribution in [3.8, 4) is 5.82 Å². The van der Waals surface area contributed by atoms with E-state index in [1.165, 1.54) is 0 Å². The minimum atomic E-state index is -0.913. The van der Waals surface area contributed by atoms with Crippen molar-refractivity contribution in [2.24, 2.45) is 0 Å². The quantitative estimate of drug-likeness (QED) is 0.709. The van der Waals surface area contributed by atoms with Crippen molar-refractivity contribution < 1.29 is 14.7 Å². The lowest BCUT2D eigenvalue weighted by Gasteiger charge is -2.14. The van der Waals surface area contributed by atoms with Crippen molar-refractivity contribution in [3.05, 3.63) is 53.5 Å². The number of nitrogens with zero attached hydrogens (tertiary/aromatic N) is 3. The third kappa shape index (κ3) is 4.57. The Kier molecular flexibility index (Phi) is 5.95. The Labute approximate surface area is 161 Å². The molecule has 2 aromatic rings. The molecule has 1 aliphatic carbocycles. The minimum Gasteiger partial charge on any atom is -0.481 e. The van der Waals surface area contributed by atoms with E-state index < -0.39 is 5.97 Å². The van der Waals surface area contributed by atoms with Crippen LogP contribution in [0.15, 0.2) is 36.5 Å². The minimum absolute atomic E-state index is 0.0510. The van der Waals surface area contributed by atoms with E-state index in [0.29, 0.717) is 0 Å². The van der Waals surface area contributed by atoms with Crippen LogP contribution in [0, 0.1) is 13.8 Å². The first-order valence-electron chi connectivity index (χ1n) is 8.70. The number of aromatic nitrogens is 3. The number of carboxylic acids is 1. The molecule has 142 valence electrons. The zero-order valence-electron chi connectivity index (χ0n) is 15.3. The van der Waals surface area contributed by atoms with E-state index in [1.807, 2.05) is 42.8 Å². The maximum atomic E-state index is 12.0. The summed E-state index contributed by atoms with van der Waals surface area (Å²) in [4.78, 5) is 26.8. The van der Waals surface area contributed by atoms with Gasteiger partial charge in [-0.1, -0.05) is 18.2 Å². The molecule has 0 saturated carbocycles. The highest BCUT2D eigenvalue weighted by atomic mass is 32.2. The molecule has 0 spiro atoms. The molecule has 2 heterocycles. The fourth-order valence-corrected chi connectivity index (χ4v) is 3.94. The van der Waals surface area contributed by atoms with Crippen molar-refractivity contribution in [2.75, 3.05) is 11.5 Å². The third-order valence-electron chi connectivity index (χ3n) is 4.47. The molecular formula is C19H22N4O3S. The Bertz CT molecular complexity index is 863. The highest BCUT2D eigenvalue weighted by Crippen LogP contribution is 2.33.